The van der Waals surface area contributed by atoms with Crippen molar-refractivity contribution < 1.29 is 15.0 Å². The maximum atomic E-state index is 12.3. The Labute approximate surface area is 145 Å². The molecule has 0 aliphatic carbocycles. The predicted molar refractivity (Wildman–Crippen MR) is 92.5 cm³/mol. The SMILES string of the molecule is CCCCCCc1cc(=O)c(=C(O)CCC(=O)O)c2ncnn12.Cl. The van der Waals surface area contributed by atoms with Crippen LogP contribution in [0.1, 0.15) is 51.1 Å². The van der Waals surface area contributed by atoms with Gasteiger partial charge in [0.05, 0.1) is 6.42 Å². The minimum absolute atomic E-state index is 0. The highest BCUT2D eigenvalue weighted by Crippen LogP contribution is 2.07. The lowest BCUT2D eigenvalue weighted by Crippen LogP contribution is -2.31. The largest absolute Gasteiger partial charge is 0.511 e. The lowest BCUT2D eigenvalue weighted by Gasteiger charge is -2.05. The number of carboxylic acids is 1. The van der Waals surface area contributed by atoms with E-state index in [0.29, 0.717) is 6.42 Å². The number of hydrogen-bond donors (Lipinski definition) is 2. The van der Waals surface area contributed by atoms with E-state index in [1.54, 1.807) is 4.52 Å². The first-order valence-corrected chi connectivity index (χ1v) is 7.84. The van der Waals surface area contributed by atoms with Gasteiger partial charge in [-0.15, -0.1) is 12.4 Å². The van der Waals surface area contributed by atoms with Crippen molar-refractivity contribution in [3.63, 3.8) is 0 Å². The number of aliphatic hydroxyl groups excluding tert-OH is 1. The highest BCUT2D eigenvalue weighted by molar-refractivity contribution is 5.85. The van der Waals surface area contributed by atoms with E-state index >= 15 is 0 Å². The Bertz CT molecular complexity index is 803. The summed E-state index contributed by atoms with van der Waals surface area (Å²) >= 11 is 0. The zero-order valence-electron chi connectivity index (χ0n) is 13.6. The first kappa shape index (κ1) is 19.9. The molecule has 0 aliphatic rings. The van der Waals surface area contributed by atoms with Gasteiger partial charge in [-0.05, 0) is 12.8 Å². The molecule has 0 unspecified atom stereocenters. The number of pyridine rings is 1. The molecule has 0 aliphatic heterocycles. The number of nitrogens with zero attached hydrogens (tertiary/aromatic N) is 3. The summed E-state index contributed by atoms with van der Waals surface area (Å²) in [5, 5.41) is 22.9. The molecule has 2 N–H and O–H groups in total. The van der Waals surface area contributed by atoms with E-state index in [-0.39, 0.29) is 47.3 Å². The van der Waals surface area contributed by atoms with Gasteiger partial charge in [0, 0.05) is 18.2 Å². The number of halogens is 1. The zero-order chi connectivity index (χ0) is 16.8. The number of fused-ring (bicyclic) bond motifs is 1. The molecule has 2 aromatic heterocycles. The van der Waals surface area contributed by atoms with Gasteiger partial charge in [0.25, 0.3) is 0 Å². The molecule has 132 valence electrons. The lowest BCUT2D eigenvalue weighted by atomic mass is 10.1. The highest BCUT2D eigenvalue weighted by Gasteiger charge is 2.12. The molecule has 7 nitrogen and oxygen atoms in total. The number of unbranched alkanes of at least 4 members (excludes halogenated alkanes) is 3. The second-order valence-corrected chi connectivity index (χ2v) is 5.52. The van der Waals surface area contributed by atoms with Crippen LogP contribution in [0, 0.1) is 0 Å². The number of aliphatic hydroxyl groups is 1. The second kappa shape index (κ2) is 9.22. The van der Waals surface area contributed by atoms with Gasteiger partial charge in [0.15, 0.2) is 11.1 Å². The van der Waals surface area contributed by atoms with E-state index in [1.165, 1.54) is 12.4 Å². The molecule has 2 heterocycles. The molecule has 8 heteroatoms. The monoisotopic (exact) mass is 355 g/mol. The summed E-state index contributed by atoms with van der Waals surface area (Å²) in [5.41, 5.74) is 0.693. The fraction of sp³-hybridized carbons (Fsp3) is 0.500. The van der Waals surface area contributed by atoms with Gasteiger partial charge in [-0.25, -0.2) is 9.50 Å². The van der Waals surface area contributed by atoms with Crippen molar-refractivity contribution in [1.29, 1.82) is 0 Å². The van der Waals surface area contributed by atoms with E-state index in [9.17, 15) is 14.7 Å². The van der Waals surface area contributed by atoms with Gasteiger partial charge >= 0.3 is 5.97 Å². The van der Waals surface area contributed by atoms with Crippen molar-refractivity contribution in [3.8, 4) is 0 Å². The second-order valence-electron chi connectivity index (χ2n) is 5.52. The smallest absolute Gasteiger partial charge is 0.303 e. The third kappa shape index (κ3) is 4.67. The molecule has 0 aromatic carbocycles. The summed E-state index contributed by atoms with van der Waals surface area (Å²) in [4.78, 5) is 27.0. The minimum Gasteiger partial charge on any atom is -0.511 e. The first-order valence-electron chi connectivity index (χ1n) is 7.84. The molecular formula is C16H22ClN3O4. The Morgan fingerprint density at radius 2 is 1.96 bits per heavy atom. The van der Waals surface area contributed by atoms with Crippen LogP contribution >= 0.6 is 12.4 Å². The molecule has 0 saturated carbocycles. The molecule has 0 fully saturated rings. The van der Waals surface area contributed by atoms with Crippen LogP contribution in [0.3, 0.4) is 0 Å². The topological polar surface area (TPSA) is 105 Å². The average molecular weight is 356 g/mol. The minimum atomic E-state index is -1.03. The summed E-state index contributed by atoms with van der Waals surface area (Å²) in [7, 11) is 0. The van der Waals surface area contributed by atoms with Gasteiger partial charge in [0.1, 0.15) is 17.3 Å². The Balaban J connectivity index is 0.00000288. The number of aromatic nitrogens is 3. The third-order valence-corrected chi connectivity index (χ3v) is 3.74. The lowest BCUT2D eigenvalue weighted by molar-refractivity contribution is -0.136. The molecule has 24 heavy (non-hydrogen) atoms. The average Bonchev–Trinajstić information content (AvgIpc) is 2.98. The van der Waals surface area contributed by atoms with Crippen LogP contribution < -0.4 is 10.6 Å². The van der Waals surface area contributed by atoms with Crippen LogP contribution in [0.5, 0.6) is 0 Å². The van der Waals surface area contributed by atoms with E-state index < -0.39 is 5.97 Å². The quantitative estimate of drug-likeness (QED) is 0.700. The van der Waals surface area contributed by atoms with Gasteiger partial charge in [0.2, 0.25) is 0 Å². The van der Waals surface area contributed by atoms with E-state index in [2.05, 4.69) is 17.0 Å². The zero-order valence-corrected chi connectivity index (χ0v) is 14.4. The fourth-order valence-electron chi connectivity index (χ4n) is 2.55. The van der Waals surface area contributed by atoms with Crippen LogP contribution in [0.15, 0.2) is 17.2 Å². The number of aryl methyl sites for hydroxylation is 1. The van der Waals surface area contributed by atoms with Crippen LogP contribution in [-0.4, -0.2) is 30.8 Å². The maximum Gasteiger partial charge on any atom is 0.303 e. The van der Waals surface area contributed by atoms with E-state index in [0.717, 1.165) is 31.4 Å². The van der Waals surface area contributed by atoms with Gasteiger partial charge in [-0.1, -0.05) is 26.2 Å². The number of carboxylic acid groups (broad SMARTS) is 1. The molecule has 2 aromatic rings. The summed E-state index contributed by atoms with van der Waals surface area (Å²) in [5.74, 6) is -1.29. The van der Waals surface area contributed by atoms with Crippen LogP contribution in [0.2, 0.25) is 0 Å². The molecule has 0 radical (unpaired) electrons. The summed E-state index contributed by atoms with van der Waals surface area (Å²) in [6, 6.07) is 1.46. The predicted octanol–water partition coefficient (Wildman–Crippen LogP) is 1.88. The normalized spacial score (nSPS) is 12.0. The van der Waals surface area contributed by atoms with Crippen molar-refractivity contribution in [2.24, 2.45) is 0 Å². The van der Waals surface area contributed by atoms with Crippen molar-refractivity contribution >= 4 is 29.8 Å². The first-order chi connectivity index (χ1) is 11.0. The molecular weight excluding hydrogens is 334 g/mol. The Kier molecular flexibility index (Phi) is 7.64. The van der Waals surface area contributed by atoms with Crippen molar-refractivity contribution in [3.05, 3.63) is 33.5 Å². The fourth-order valence-corrected chi connectivity index (χ4v) is 2.55. The maximum absolute atomic E-state index is 12.3. The summed E-state index contributed by atoms with van der Waals surface area (Å²) in [6.07, 6.45) is 6.01. The van der Waals surface area contributed by atoms with Gasteiger partial charge in [-0.2, -0.15) is 5.10 Å². The van der Waals surface area contributed by atoms with Crippen LogP contribution in [0.25, 0.3) is 11.4 Å². The van der Waals surface area contributed by atoms with E-state index in [4.69, 9.17) is 5.11 Å². The van der Waals surface area contributed by atoms with E-state index in [1.807, 2.05) is 0 Å². The van der Waals surface area contributed by atoms with Crippen LogP contribution in [0.4, 0.5) is 0 Å². The highest BCUT2D eigenvalue weighted by atomic mass is 35.5. The molecule has 0 bridgehead atoms. The van der Waals surface area contributed by atoms with Crippen molar-refractivity contribution in [2.75, 3.05) is 0 Å². The number of aliphatic carboxylic acids is 1. The Morgan fingerprint density at radius 3 is 2.62 bits per heavy atom. The number of carbonyl (C=O) groups is 1. The van der Waals surface area contributed by atoms with Crippen molar-refractivity contribution in [1.82, 2.24) is 14.6 Å². The molecule has 0 saturated heterocycles. The molecule has 0 spiro atoms. The molecule has 0 atom stereocenters. The van der Waals surface area contributed by atoms with Crippen molar-refractivity contribution in [2.45, 2.75) is 51.9 Å². The van der Waals surface area contributed by atoms with Gasteiger partial charge in [-0.3, -0.25) is 9.59 Å². The molecule has 0 amide bonds. The Hall–Kier alpha value is -2.15. The number of hydrogen-bond acceptors (Lipinski definition) is 5. The standard InChI is InChI=1S/C16H21N3O4.ClH/c1-2-3-4-5-6-11-9-13(21)15(12(20)7-8-14(22)23)16-17-10-18-19(11)16;/h9-10,20H,2-8H2,1H3,(H,22,23);1H. The summed E-state index contributed by atoms with van der Waals surface area (Å²) < 4.78 is 1.56. The summed E-state index contributed by atoms with van der Waals surface area (Å²) in [6.45, 7) is 2.13. The number of rotatable bonds is 8. The molecule has 2 rings (SSSR count). The van der Waals surface area contributed by atoms with Gasteiger partial charge < -0.3 is 10.2 Å². The van der Waals surface area contributed by atoms with Crippen LogP contribution in [-0.2, 0) is 11.2 Å². The third-order valence-electron chi connectivity index (χ3n) is 3.74. The Morgan fingerprint density at radius 1 is 1.21 bits per heavy atom.